The van der Waals surface area contributed by atoms with E-state index in [2.05, 4.69) is 4.98 Å². The second kappa shape index (κ2) is 4.87. The van der Waals surface area contributed by atoms with Crippen molar-refractivity contribution in [3.63, 3.8) is 0 Å². The number of aryl methyl sites for hydroxylation is 1. The van der Waals surface area contributed by atoms with Crippen LogP contribution in [0, 0.1) is 12.8 Å². The van der Waals surface area contributed by atoms with Gasteiger partial charge in [-0.1, -0.05) is 0 Å². The van der Waals surface area contributed by atoms with Gasteiger partial charge in [0, 0.05) is 19.1 Å². The van der Waals surface area contributed by atoms with Gasteiger partial charge in [-0.25, -0.2) is 4.98 Å². The number of piperidine rings is 1. The SMILES string of the molecule is Cc1ncoc1C(=O)N1CCCC(C(C)N)C1. The van der Waals surface area contributed by atoms with E-state index < -0.39 is 0 Å². The molecule has 1 aromatic rings. The molecule has 94 valence electrons. The predicted molar refractivity (Wildman–Crippen MR) is 63.5 cm³/mol. The van der Waals surface area contributed by atoms with Crippen LogP contribution in [0.1, 0.15) is 36.0 Å². The Morgan fingerprint density at radius 1 is 1.71 bits per heavy atom. The van der Waals surface area contributed by atoms with Crippen LogP contribution in [0.15, 0.2) is 10.8 Å². The maximum atomic E-state index is 12.2. The van der Waals surface area contributed by atoms with E-state index in [0.29, 0.717) is 17.4 Å². The lowest BCUT2D eigenvalue weighted by Crippen LogP contribution is -2.45. The Kier molecular flexibility index (Phi) is 3.47. The Labute approximate surface area is 101 Å². The van der Waals surface area contributed by atoms with Crippen molar-refractivity contribution >= 4 is 5.91 Å². The summed E-state index contributed by atoms with van der Waals surface area (Å²) in [6, 6.07) is 0.126. The van der Waals surface area contributed by atoms with Crippen molar-refractivity contribution in [1.82, 2.24) is 9.88 Å². The van der Waals surface area contributed by atoms with Crippen LogP contribution in [0.4, 0.5) is 0 Å². The highest BCUT2D eigenvalue weighted by atomic mass is 16.3. The van der Waals surface area contributed by atoms with Crippen molar-refractivity contribution in [2.45, 2.75) is 32.7 Å². The van der Waals surface area contributed by atoms with Gasteiger partial charge in [0.2, 0.25) is 5.76 Å². The second-order valence-electron chi connectivity index (χ2n) is 4.78. The molecule has 1 aromatic heterocycles. The second-order valence-corrected chi connectivity index (χ2v) is 4.78. The van der Waals surface area contributed by atoms with Crippen LogP contribution in [0.3, 0.4) is 0 Å². The summed E-state index contributed by atoms with van der Waals surface area (Å²) in [4.78, 5) is 18.0. The molecule has 1 amide bonds. The van der Waals surface area contributed by atoms with E-state index >= 15 is 0 Å². The number of amides is 1. The summed E-state index contributed by atoms with van der Waals surface area (Å²) in [5.41, 5.74) is 6.56. The van der Waals surface area contributed by atoms with E-state index in [4.69, 9.17) is 10.2 Å². The Morgan fingerprint density at radius 2 is 2.47 bits per heavy atom. The molecule has 0 bridgehead atoms. The van der Waals surface area contributed by atoms with Crippen LogP contribution < -0.4 is 5.73 Å². The molecule has 1 fully saturated rings. The Hall–Kier alpha value is -1.36. The molecular formula is C12H19N3O2. The molecule has 17 heavy (non-hydrogen) atoms. The number of carbonyl (C=O) groups is 1. The lowest BCUT2D eigenvalue weighted by atomic mass is 9.92. The molecule has 5 heteroatoms. The van der Waals surface area contributed by atoms with Crippen LogP contribution in [-0.2, 0) is 0 Å². The maximum Gasteiger partial charge on any atom is 0.291 e. The predicted octanol–water partition coefficient (Wildman–Crippen LogP) is 1.18. The third kappa shape index (κ3) is 2.49. The van der Waals surface area contributed by atoms with E-state index in [1.165, 1.54) is 6.39 Å². The summed E-state index contributed by atoms with van der Waals surface area (Å²) in [6.07, 6.45) is 3.41. The fourth-order valence-electron chi connectivity index (χ4n) is 2.27. The fourth-order valence-corrected chi connectivity index (χ4v) is 2.27. The van der Waals surface area contributed by atoms with Crippen molar-refractivity contribution in [3.05, 3.63) is 17.8 Å². The molecule has 1 aliphatic heterocycles. The maximum absolute atomic E-state index is 12.2. The monoisotopic (exact) mass is 237 g/mol. The van der Waals surface area contributed by atoms with Gasteiger partial charge in [0.25, 0.3) is 5.91 Å². The van der Waals surface area contributed by atoms with E-state index in [1.54, 1.807) is 6.92 Å². The molecule has 0 spiro atoms. The van der Waals surface area contributed by atoms with Crippen molar-refractivity contribution in [2.75, 3.05) is 13.1 Å². The first kappa shape index (κ1) is 12.1. The van der Waals surface area contributed by atoms with Gasteiger partial charge in [-0.15, -0.1) is 0 Å². The minimum Gasteiger partial charge on any atom is -0.438 e. The van der Waals surface area contributed by atoms with E-state index in [1.807, 2.05) is 11.8 Å². The molecule has 2 unspecified atom stereocenters. The molecule has 0 saturated carbocycles. The van der Waals surface area contributed by atoms with E-state index in [9.17, 15) is 4.79 Å². The normalized spacial score (nSPS) is 22.5. The van der Waals surface area contributed by atoms with Gasteiger partial charge in [0.1, 0.15) is 0 Å². The minimum absolute atomic E-state index is 0.0645. The molecular weight excluding hydrogens is 218 g/mol. The number of hydrogen-bond donors (Lipinski definition) is 1. The highest BCUT2D eigenvalue weighted by molar-refractivity contribution is 5.92. The van der Waals surface area contributed by atoms with E-state index in [-0.39, 0.29) is 11.9 Å². The zero-order valence-corrected chi connectivity index (χ0v) is 10.3. The zero-order valence-electron chi connectivity index (χ0n) is 10.3. The number of nitrogens with zero attached hydrogens (tertiary/aromatic N) is 2. The first-order valence-electron chi connectivity index (χ1n) is 6.04. The quantitative estimate of drug-likeness (QED) is 0.838. The van der Waals surface area contributed by atoms with Crippen molar-refractivity contribution < 1.29 is 9.21 Å². The van der Waals surface area contributed by atoms with Gasteiger partial charge in [0.15, 0.2) is 6.39 Å². The van der Waals surface area contributed by atoms with Crippen molar-refractivity contribution in [3.8, 4) is 0 Å². The fraction of sp³-hybridized carbons (Fsp3) is 0.667. The molecule has 2 atom stereocenters. The molecule has 1 aliphatic rings. The van der Waals surface area contributed by atoms with Gasteiger partial charge in [0.05, 0.1) is 5.69 Å². The Balaban J connectivity index is 2.07. The standard InChI is InChI=1S/C12H19N3O2/c1-8(13)10-4-3-5-15(6-10)12(16)11-9(2)14-7-17-11/h7-8,10H,3-6,13H2,1-2H3. The number of rotatable bonds is 2. The molecule has 2 N–H and O–H groups in total. The number of oxazole rings is 1. The first-order valence-corrected chi connectivity index (χ1v) is 6.04. The topological polar surface area (TPSA) is 72.4 Å². The smallest absolute Gasteiger partial charge is 0.291 e. The third-order valence-corrected chi connectivity index (χ3v) is 3.43. The van der Waals surface area contributed by atoms with Crippen LogP contribution in [0.5, 0.6) is 0 Å². The molecule has 0 aliphatic carbocycles. The van der Waals surface area contributed by atoms with Gasteiger partial charge >= 0.3 is 0 Å². The average Bonchev–Trinajstić information content (AvgIpc) is 2.74. The van der Waals surface area contributed by atoms with Gasteiger partial charge in [-0.3, -0.25) is 4.79 Å². The zero-order chi connectivity index (χ0) is 12.4. The summed E-state index contributed by atoms with van der Waals surface area (Å²) in [7, 11) is 0. The van der Waals surface area contributed by atoms with Gasteiger partial charge in [-0.05, 0) is 32.6 Å². The summed E-state index contributed by atoms with van der Waals surface area (Å²) in [6.45, 7) is 5.28. The average molecular weight is 237 g/mol. The van der Waals surface area contributed by atoms with Crippen LogP contribution >= 0.6 is 0 Å². The lowest BCUT2D eigenvalue weighted by molar-refractivity contribution is 0.0628. The van der Waals surface area contributed by atoms with Crippen LogP contribution in [-0.4, -0.2) is 34.9 Å². The molecule has 1 saturated heterocycles. The van der Waals surface area contributed by atoms with Crippen molar-refractivity contribution in [1.29, 1.82) is 0 Å². The van der Waals surface area contributed by atoms with Gasteiger partial charge < -0.3 is 15.1 Å². The Morgan fingerprint density at radius 3 is 3.06 bits per heavy atom. The highest BCUT2D eigenvalue weighted by Crippen LogP contribution is 2.21. The largest absolute Gasteiger partial charge is 0.438 e. The highest BCUT2D eigenvalue weighted by Gasteiger charge is 2.28. The number of carbonyl (C=O) groups excluding carboxylic acids is 1. The minimum atomic E-state index is -0.0645. The number of hydrogen-bond acceptors (Lipinski definition) is 4. The number of aromatic nitrogens is 1. The Bertz CT molecular complexity index is 400. The summed E-state index contributed by atoms with van der Waals surface area (Å²) in [5.74, 6) is 0.677. The molecule has 2 rings (SSSR count). The molecule has 0 radical (unpaired) electrons. The number of nitrogens with two attached hydrogens (primary N) is 1. The van der Waals surface area contributed by atoms with Crippen molar-refractivity contribution in [2.24, 2.45) is 11.7 Å². The lowest BCUT2D eigenvalue weighted by Gasteiger charge is -2.34. The first-order chi connectivity index (χ1) is 8.09. The molecule has 2 heterocycles. The van der Waals surface area contributed by atoms with E-state index in [0.717, 1.165) is 25.9 Å². The summed E-state index contributed by atoms with van der Waals surface area (Å²) in [5, 5.41) is 0. The van der Waals surface area contributed by atoms with Gasteiger partial charge in [-0.2, -0.15) is 0 Å². The molecule has 5 nitrogen and oxygen atoms in total. The van der Waals surface area contributed by atoms with Crippen LogP contribution in [0.25, 0.3) is 0 Å². The number of likely N-dealkylation sites (tertiary alicyclic amines) is 1. The molecule has 0 aromatic carbocycles. The third-order valence-electron chi connectivity index (χ3n) is 3.43. The van der Waals surface area contributed by atoms with Crippen LogP contribution in [0.2, 0.25) is 0 Å². The summed E-state index contributed by atoms with van der Waals surface area (Å²) >= 11 is 0. The summed E-state index contributed by atoms with van der Waals surface area (Å²) < 4.78 is 5.14.